The standard InChI is InChI=1S/C30H34O4/c1-3-5-7-9-19-33-29(31)27-23-15-11-13-21-17-18-22-14-12-16-24(26(22)25(21)23)28(27)30(32)34-20-10-8-6-4-2/h11-18H,3-10,19-20H2,1-2H3. The lowest BCUT2D eigenvalue weighted by Crippen LogP contribution is -2.17. The summed E-state index contributed by atoms with van der Waals surface area (Å²) in [4.78, 5) is 26.9. The lowest BCUT2D eigenvalue weighted by molar-refractivity contribution is 0.0454. The summed E-state index contributed by atoms with van der Waals surface area (Å²) in [5.41, 5.74) is 0.650. The van der Waals surface area contributed by atoms with Gasteiger partial charge in [0.25, 0.3) is 0 Å². The first kappa shape index (κ1) is 24.0. The second-order valence-corrected chi connectivity index (χ2v) is 9.02. The highest BCUT2D eigenvalue weighted by molar-refractivity contribution is 6.31. The molecule has 0 fully saturated rings. The van der Waals surface area contributed by atoms with Gasteiger partial charge in [-0.1, -0.05) is 101 Å². The highest BCUT2D eigenvalue weighted by Crippen LogP contribution is 2.39. The summed E-state index contributed by atoms with van der Waals surface area (Å²) in [7, 11) is 0. The lowest BCUT2D eigenvalue weighted by Gasteiger charge is -2.18. The molecule has 0 bridgehead atoms. The molecule has 0 unspecified atom stereocenters. The van der Waals surface area contributed by atoms with Crippen LogP contribution >= 0.6 is 0 Å². The maximum absolute atomic E-state index is 13.4. The van der Waals surface area contributed by atoms with E-state index in [0.29, 0.717) is 24.3 Å². The van der Waals surface area contributed by atoms with E-state index in [2.05, 4.69) is 26.0 Å². The molecule has 0 saturated carbocycles. The molecule has 0 radical (unpaired) electrons. The SMILES string of the molecule is CCCCCCOC(=O)c1c(C(=O)OCCCCCC)c2cccc3ccc4cccc1c4c32. The first-order valence-corrected chi connectivity index (χ1v) is 12.7. The number of esters is 2. The van der Waals surface area contributed by atoms with E-state index >= 15 is 0 Å². The Morgan fingerprint density at radius 1 is 0.588 bits per heavy atom. The third kappa shape index (κ3) is 4.86. The van der Waals surface area contributed by atoms with Gasteiger partial charge in [-0.2, -0.15) is 0 Å². The molecular weight excluding hydrogens is 424 g/mol. The van der Waals surface area contributed by atoms with Gasteiger partial charge < -0.3 is 9.47 Å². The minimum atomic E-state index is -0.451. The second kappa shape index (κ2) is 11.3. The van der Waals surface area contributed by atoms with E-state index in [1.54, 1.807) is 0 Å². The molecule has 34 heavy (non-hydrogen) atoms. The molecule has 4 nitrogen and oxygen atoms in total. The van der Waals surface area contributed by atoms with Gasteiger partial charge in [0.1, 0.15) is 0 Å². The largest absolute Gasteiger partial charge is 0.462 e. The molecule has 178 valence electrons. The number of hydrogen-bond acceptors (Lipinski definition) is 4. The fourth-order valence-corrected chi connectivity index (χ4v) is 4.80. The van der Waals surface area contributed by atoms with E-state index < -0.39 is 11.9 Å². The number of rotatable bonds is 12. The van der Waals surface area contributed by atoms with E-state index in [4.69, 9.17) is 9.47 Å². The van der Waals surface area contributed by atoms with Gasteiger partial charge in [-0.15, -0.1) is 0 Å². The zero-order chi connectivity index (χ0) is 23.9. The molecular formula is C30H34O4. The van der Waals surface area contributed by atoms with Gasteiger partial charge >= 0.3 is 11.9 Å². The Labute approximate surface area is 201 Å². The van der Waals surface area contributed by atoms with E-state index in [1.165, 1.54) is 0 Å². The van der Waals surface area contributed by atoms with Gasteiger partial charge in [0.2, 0.25) is 0 Å². The minimum Gasteiger partial charge on any atom is -0.462 e. The topological polar surface area (TPSA) is 52.6 Å². The second-order valence-electron chi connectivity index (χ2n) is 9.02. The average Bonchev–Trinajstić information content (AvgIpc) is 2.86. The molecule has 0 saturated heterocycles. The zero-order valence-corrected chi connectivity index (χ0v) is 20.3. The van der Waals surface area contributed by atoms with Crippen molar-refractivity contribution in [1.29, 1.82) is 0 Å². The Morgan fingerprint density at radius 2 is 1.03 bits per heavy atom. The monoisotopic (exact) mass is 458 g/mol. The zero-order valence-electron chi connectivity index (χ0n) is 20.3. The van der Waals surface area contributed by atoms with Crippen molar-refractivity contribution >= 4 is 44.3 Å². The van der Waals surface area contributed by atoms with E-state index in [-0.39, 0.29) is 0 Å². The third-order valence-corrected chi connectivity index (χ3v) is 6.54. The highest BCUT2D eigenvalue weighted by atomic mass is 16.5. The van der Waals surface area contributed by atoms with Crippen LogP contribution in [-0.4, -0.2) is 25.2 Å². The molecule has 0 atom stereocenters. The molecule has 0 aromatic heterocycles. The van der Waals surface area contributed by atoms with Crippen molar-refractivity contribution in [2.75, 3.05) is 13.2 Å². The Kier molecular flexibility index (Phi) is 7.99. The van der Waals surface area contributed by atoms with Crippen molar-refractivity contribution < 1.29 is 19.1 Å². The molecule has 0 aliphatic rings. The van der Waals surface area contributed by atoms with Crippen molar-refractivity contribution in [3.63, 3.8) is 0 Å². The molecule has 0 heterocycles. The molecule has 0 aliphatic heterocycles. The molecule has 0 amide bonds. The number of unbranched alkanes of at least 4 members (excludes halogenated alkanes) is 6. The molecule has 4 heteroatoms. The van der Waals surface area contributed by atoms with Crippen LogP contribution in [-0.2, 0) is 9.47 Å². The smallest absolute Gasteiger partial charge is 0.339 e. The number of hydrogen-bond donors (Lipinski definition) is 0. The third-order valence-electron chi connectivity index (χ3n) is 6.54. The van der Waals surface area contributed by atoms with Crippen molar-refractivity contribution in [2.45, 2.75) is 65.2 Å². The number of carbonyl (C=O) groups is 2. The van der Waals surface area contributed by atoms with Crippen molar-refractivity contribution in [2.24, 2.45) is 0 Å². The van der Waals surface area contributed by atoms with Gasteiger partial charge in [-0.05, 0) is 45.2 Å². The van der Waals surface area contributed by atoms with Gasteiger partial charge in [0.05, 0.1) is 24.3 Å². The van der Waals surface area contributed by atoms with Crippen LogP contribution in [0.25, 0.3) is 32.3 Å². The lowest BCUT2D eigenvalue weighted by atomic mass is 9.87. The van der Waals surface area contributed by atoms with Gasteiger partial charge in [0, 0.05) is 0 Å². The predicted molar refractivity (Wildman–Crippen MR) is 139 cm³/mol. The Bertz CT molecular complexity index is 1170. The summed E-state index contributed by atoms with van der Waals surface area (Å²) in [6, 6.07) is 15.9. The minimum absolute atomic E-state index is 0.325. The summed E-state index contributed by atoms with van der Waals surface area (Å²) >= 11 is 0. The van der Waals surface area contributed by atoms with Crippen LogP contribution in [0.1, 0.15) is 85.9 Å². The van der Waals surface area contributed by atoms with Gasteiger partial charge in [-0.25, -0.2) is 9.59 Å². The maximum atomic E-state index is 13.4. The highest BCUT2D eigenvalue weighted by Gasteiger charge is 2.27. The fourth-order valence-electron chi connectivity index (χ4n) is 4.80. The van der Waals surface area contributed by atoms with E-state index in [1.807, 2.05) is 36.4 Å². The Hall–Kier alpha value is -3.14. The van der Waals surface area contributed by atoms with Crippen molar-refractivity contribution in [3.8, 4) is 0 Å². The van der Waals surface area contributed by atoms with Crippen LogP contribution < -0.4 is 0 Å². The van der Waals surface area contributed by atoms with Crippen LogP contribution in [0.15, 0.2) is 48.5 Å². The van der Waals surface area contributed by atoms with Crippen molar-refractivity contribution in [1.82, 2.24) is 0 Å². The van der Waals surface area contributed by atoms with Gasteiger partial charge in [0.15, 0.2) is 0 Å². The quantitative estimate of drug-likeness (QED) is 0.122. The van der Waals surface area contributed by atoms with Crippen LogP contribution in [0.2, 0.25) is 0 Å². The first-order valence-electron chi connectivity index (χ1n) is 12.7. The molecule has 0 spiro atoms. The normalized spacial score (nSPS) is 11.5. The summed E-state index contributed by atoms with van der Waals surface area (Å²) < 4.78 is 11.4. The molecule has 0 N–H and O–H groups in total. The van der Waals surface area contributed by atoms with Crippen LogP contribution in [0.4, 0.5) is 0 Å². The van der Waals surface area contributed by atoms with E-state index in [9.17, 15) is 9.59 Å². The van der Waals surface area contributed by atoms with Crippen molar-refractivity contribution in [3.05, 3.63) is 59.7 Å². The number of ether oxygens (including phenoxy) is 2. The number of carbonyl (C=O) groups excluding carboxylic acids is 2. The number of benzene rings is 4. The molecule has 4 aromatic carbocycles. The summed E-state index contributed by atoms with van der Waals surface area (Å²) in [5.74, 6) is -0.901. The van der Waals surface area contributed by atoms with Crippen LogP contribution in [0.5, 0.6) is 0 Å². The first-order chi connectivity index (χ1) is 16.7. The van der Waals surface area contributed by atoms with Gasteiger partial charge in [-0.3, -0.25) is 0 Å². The Morgan fingerprint density at radius 3 is 1.44 bits per heavy atom. The Balaban J connectivity index is 1.79. The molecule has 0 aliphatic carbocycles. The average molecular weight is 459 g/mol. The van der Waals surface area contributed by atoms with Crippen LogP contribution in [0, 0.1) is 0 Å². The molecule has 4 rings (SSSR count). The maximum Gasteiger partial charge on any atom is 0.339 e. The predicted octanol–water partition coefficient (Wildman–Crippen LogP) is 8.06. The summed E-state index contributed by atoms with van der Waals surface area (Å²) in [6.45, 7) is 5.00. The molecule has 4 aromatic rings. The summed E-state index contributed by atoms with van der Waals surface area (Å²) in [6.07, 6.45) is 8.16. The van der Waals surface area contributed by atoms with Crippen LogP contribution in [0.3, 0.4) is 0 Å². The van der Waals surface area contributed by atoms with E-state index in [0.717, 1.165) is 83.7 Å². The summed E-state index contributed by atoms with van der Waals surface area (Å²) in [5, 5.41) is 5.56. The fraction of sp³-hybridized carbons (Fsp3) is 0.400.